The fraction of sp³-hybridized carbons (Fsp3) is 0.333. The van der Waals surface area contributed by atoms with Crippen LogP contribution in [0.3, 0.4) is 0 Å². The number of nitrogen functional groups attached to an aromatic ring is 1. The molecule has 0 aromatic carbocycles. The van der Waals surface area contributed by atoms with Crippen LogP contribution in [0.5, 0.6) is 0 Å². The number of hydrogen-bond donors (Lipinski definition) is 3. The van der Waals surface area contributed by atoms with Gasteiger partial charge in [-0.2, -0.15) is 0 Å². The van der Waals surface area contributed by atoms with Crippen LogP contribution in [0.15, 0.2) is 10.5 Å². The van der Waals surface area contributed by atoms with E-state index >= 15 is 0 Å². The van der Waals surface area contributed by atoms with Gasteiger partial charge in [-0.05, 0) is 6.92 Å². The third-order valence-corrected chi connectivity index (χ3v) is 2.46. The fourth-order valence-electron chi connectivity index (χ4n) is 1.04. The molecular weight excluding hydrogens is 260 g/mol. The molecule has 1 aromatic heterocycles. The average molecular weight is 272 g/mol. The summed E-state index contributed by atoms with van der Waals surface area (Å²) in [6, 6.07) is 0. The van der Waals surface area contributed by atoms with Gasteiger partial charge in [-0.25, -0.2) is 4.98 Å². The van der Waals surface area contributed by atoms with Crippen LogP contribution in [0.1, 0.15) is 19.0 Å². The zero-order chi connectivity index (χ0) is 13.7. The number of anilines is 1. The highest BCUT2D eigenvalue weighted by Gasteiger charge is 2.16. The number of oxime groups is 1. The molecule has 1 aromatic rings. The van der Waals surface area contributed by atoms with E-state index in [-0.39, 0.29) is 23.0 Å². The molecule has 1 unspecified atom stereocenters. The maximum absolute atomic E-state index is 11.2. The first-order valence-corrected chi connectivity index (χ1v) is 5.75. The lowest BCUT2D eigenvalue weighted by atomic mass is 10.3. The van der Waals surface area contributed by atoms with Crippen molar-refractivity contribution in [3.05, 3.63) is 11.1 Å². The molecule has 0 saturated heterocycles. The number of aromatic nitrogens is 1. The second-order valence-corrected chi connectivity index (χ2v) is 4.28. The maximum atomic E-state index is 11.2. The molecule has 1 atom stereocenters. The summed E-state index contributed by atoms with van der Waals surface area (Å²) in [4.78, 5) is 30.3. The van der Waals surface area contributed by atoms with Gasteiger partial charge in [-0.3, -0.25) is 9.59 Å². The summed E-state index contributed by atoms with van der Waals surface area (Å²) in [6.07, 6.45) is -0.929. The number of carbonyl (C=O) groups is 2. The number of primary amides is 1. The van der Waals surface area contributed by atoms with Gasteiger partial charge < -0.3 is 21.4 Å². The molecule has 0 bridgehead atoms. The zero-order valence-corrected chi connectivity index (χ0v) is 10.3. The van der Waals surface area contributed by atoms with Crippen molar-refractivity contribution in [1.29, 1.82) is 0 Å². The summed E-state index contributed by atoms with van der Waals surface area (Å²) in [6.45, 7) is 1.51. The summed E-state index contributed by atoms with van der Waals surface area (Å²) < 4.78 is 0. The molecule has 9 heteroatoms. The summed E-state index contributed by atoms with van der Waals surface area (Å²) in [5.74, 6) is -1.86. The van der Waals surface area contributed by atoms with E-state index in [1.54, 1.807) is 0 Å². The highest BCUT2D eigenvalue weighted by Crippen LogP contribution is 2.12. The molecule has 1 rings (SSSR count). The molecule has 0 aliphatic heterocycles. The highest BCUT2D eigenvalue weighted by molar-refractivity contribution is 7.13. The van der Waals surface area contributed by atoms with Gasteiger partial charge in [-0.15, -0.1) is 11.3 Å². The standard InChI is InChI=1S/C9H12N4O4S/c1-4(2-6(14)15)17-13-7(8(10)16)5-3-18-9(11)12-5/h3-4H,2H2,1H3,(H2,10,16)(H2,11,12)(H,14,15). The second kappa shape index (κ2) is 5.96. The summed E-state index contributed by atoms with van der Waals surface area (Å²) in [7, 11) is 0. The summed E-state index contributed by atoms with van der Waals surface area (Å²) in [5, 5.41) is 13.8. The van der Waals surface area contributed by atoms with E-state index in [4.69, 9.17) is 21.4 Å². The molecule has 8 nitrogen and oxygen atoms in total. The number of rotatable bonds is 6. The summed E-state index contributed by atoms with van der Waals surface area (Å²) in [5.41, 5.74) is 10.6. The van der Waals surface area contributed by atoms with E-state index in [0.717, 1.165) is 11.3 Å². The Morgan fingerprint density at radius 2 is 2.33 bits per heavy atom. The van der Waals surface area contributed by atoms with Gasteiger partial charge in [0.25, 0.3) is 5.91 Å². The van der Waals surface area contributed by atoms with Crippen molar-refractivity contribution in [2.45, 2.75) is 19.4 Å². The highest BCUT2D eigenvalue weighted by atomic mass is 32.1. The molecule has 0 saturated carbocycles. The van der Waals surface area contributed by atoms with Crippen LogP contribution in [0.4, 0.5) is 5.13 Å². The number of nitrogens with zero attached hydrogens (tertiary/aromatic N) is 2. The van der Waals surface area contributed by atoms with Crippen LogP contribution in [0.25, 0.3) is 0 Å². The topological polar surface area (TPSA) is 141 Å². The van der Waals surface area contributed by atoms with Gasteiger partial charge in [0, 0.05) is 5.38 Å². The lowest BCUT2D eigenvalue weighted by Gasteiger charge is -2.07. The number of thiazole rings is 1. The SMILES string of the molecule is CC(CC(=O)O)ON=C(C(N)=O)c1csc(N)n1. The van der Waals surface area contributed by atoms with Gasteiger partial charge >= 0.3 is 5.97 Å². The van der Waals surface area contributed by atoms with E-state index < -0.39 is 18.0 Å². The maximum Gasteiger partial charge on any atom is 0.307 e. The lowest BCUT2D eigenvalue weighted by molar-refractivity contribution is -0.139. The van der Waals surface area contributed by atoms with E-state index in [1.165, 1.54) is 12.3 Å². The van der Waals surface area contributed by atoms with Crippen LogP contribution in [0, 0.1) is 0 Å². The van der Waals surface area contributed by atoms with E-state index in [2.05, 4.69) is 10.1 Å². The van der Waals surface area contributed by atoms with Gasteiger partial charge in [0.05, 0.1) is 6.42 Å². The molecule has 0 aliphatic rings. The van der Waals surface area contributed by atoms with Crippen LogP contribution >= 0.6 is 11.3 Å². The van der Waals surface area contributed by atoms with Crippen molar-refractivity contribution in [1.82, 2.24) is 4.98 Å². The predicted octanol–water partition coefficient (Wildman–Crippen LogP) is -0.206. The van der Waals surface area contributed by atoms with Crippen molar-refractivity contribution in [3.63, 3.8) is 0 Å². The van der Waals surface area contributed by atoms with Gasteiger partial charge in [0.2, 0.25) is 0 Å². The van der Waals surface area contributed by atoms with Gasteiger partial charge in [0.1, 0.15) is 11.8 Å². The smallest absolute Gasteiger partial charge is 0.307 e. The number of hydrogen-bond acceptors (Lipinski definition) is 7. The second-order valence-electron chi connectivity index (χ2n) is 3.39. The van der Waals surface area contributed by atoms with Crippen LogP contribution in [-0.2, 0) is 14.4 Å². The Hall–Kier alpha value is -2.16. The fourth-order valence-corrected chi connectivity index (χ4v) is 1.59. The minimum Gasteiger partial charge on any atom is -0.481 e. The Bertz CT molecular complexity index is 485. The Morgan fingerprint density at radius 3 is 2.78 bits per heavy atom. The largest absolute Gasteiger partial charge is 0.481 e. The number of carbonyl (C=O) groups excluding carboxylic acids is 1. The Labute approximate surface area is 106 Å². The monoisotopic (exact) mass is 272 g/mol. The molecule has 0 fully saturated rings. The van der Waals surface area contributed by atoms with Crippen LogP contribution < -0.4 is 11.5 Å². The Kier molecular flexibility index (Phi) is 4.60. The first-order valence-electron chi connectivity index (χ1n) is 4.87. The first kappa shape index (κ1) is 13.9. The number of aliphatic carboxylic acids is 1. The third kappa shape index (κ3) is 4.01. The predicted molar refractivity (Wildman–Crippen MR) is 65.1 cm³/mol. The molecule has 18 heavy (non-hydrogen) atoms. The molecule has 98 valence electrons. The zero-order valence-electron chi connectivity index (χ0n) is 9.49. The van der Waals surface area contributed by atoms with Crippen molar-refractivity contribution in [2.24, 2.45) is 10.9 Å². The molecule has 0 spiro atoms. The van der Waals surface area contributed by atoms with E-state index in [9.17, 15) is 9.59 Å². The minimum absolute atomic E-state index is 0.194. The van der Waals surface area contributed by atoms with E-state index in [1.807, 2.05) is 0 Å². The minimum atomic E-state index is -1.03. The molecule has 1 amide bonds. The van der Waals surface area contributed by atoms with Crippen LogP contribution in [0.2, 0.25) is 0 Å². The van der Waals surface area contributed by atoms with Crippen molar-refractivity contribution >= 4 is 34.1 Å². The summed E-state index contributed by atoms with van der Waals surface area (Å²) >= 11 is 1.12. The van der Waals surface area contributed by atoms with Crippen molar-refractivity contribution < 1.29 is 19.5 Å². The number of carboxylic acid groups (broad SMARTS) is 1. The normalized spacial score (nSPS) is 13.1. The first-order chi connectivity index (χ1) is 8.40. The quantitative estimate of drug-likeness (QED) is 0.483. The number of amides is 1. The molecule has 0 aliphatic carbocycles. The number of nitrogens with two attached hydrogens (primary N) is 2. The van der Waals surface area contributed by atoms with E-state index in [0.29, 0.717) is 0 Å². The van der Waals surface area contributed by atoms with Crippen molar-refractivity contribution in [3.8, 4) is 0 Å². The third-order valence-electron chi connectivity index (χ3n) is 1.78. The molecule has 1 heterocycles. The van der Waals surface area contributed by atoms with Gasteiger partial charge in [-0.1, -0.05) is 5.16 Å². The Morgan fingerprint density at radius 1 is 1.67 bits per heavy atom. The molecular formula is C9H12N4O4S. The lowest BCUT2D eigenvalue weighted by Crippen LogP contribution is -2.25. The molecule has 5 N–H and O–H groups in total. The van der Waals surface area contributed by atoms with Crippen LogP contribution in [-0.4, -0.2) is 33.8 Å². The molecule has 0 radical (unpaired) electrons. The van der Waals surface area contributed by atoms with Gasteiger partial charge in [0.15, 0.2) is 10.8 Å². The average Bonchev–Trinajstić information content (AvgIpc) is 2.63. The number of carboxylic acids is 1. The Balaban J connectivity index is 2.80. The van der Waals surface area contributed by atoms with Crippen molar-refractivity contribution in [2.75, 3.05) is 5.73 Å².